The lowest BCUT2D eigenvalue weighted by Crippen LogP contribution is -2.17. The van der Waals surface area contributed by atoms with E-state index in [1.807, 2.05) is 0 Å². The Kier molecular flexibility index (Phi) is 5.49. The minimum absolute atomic E-state index is 0.199. The Morgan fingerprint density at radius 3 is 2.23 bits per heavy atom. The molecule has 0 radical (unpaired) electrons. The first-order valence-corrected chi connectivity index (χ1v) is 9.46. The highest BCUT2D eigenvalue weighted by Gasteiger charge is 2.67. The molecule has 8 heteroatoms. The molecule has 136 valence electrons. The summed E-state index contributed by atoms with van der Waals surface area (Å²) in [6.45, 7) is 1.40. The van der Waals surface area contributed by atoms with Crippen molar-refractivity contribution in [2.75, 3.05) is 5.32 Å². The van der Waals surface area contributed by atoms with Crippen LogP contribution in [0, 0.1) is 5.92 Å². The summed E-state index contributed by atoms with van der Waals surface area (Å²) in [6, 6.07) is 9.69. The number of amides is 1. The number of anilines is 1. The van der Waals surface area contributed by atoms with Gasteiger partial charge in [0.15, 0.2) is 5.78 Å². The molecule has 3 nitrogen and oxygen atoms in total. The molecule has 2 atom stereocenters. The highest BCUT2D eigenvalue weighted by molar-refractivity contribution is 6.53. The van der Waals surface area contributed by atoms with Gasteiger partial charge in [-0.05, 0) is 42.8 Å². The van der Waals surface area contributed by atoms with Gasteiger partial charge < -0.3 is 5.32 Å². The Morgan fingerprint density at radius 2 is 1.62 bits per heavy atom. The molecule has 1 fully saturated rings. The zero-order valence-electron chi connectivity index (χ0n) is 13.3. The number of rotatable bonds is 4. The summed E-state index contributed by atoms with van der Waals surface area (Å²) >= 11 is 30.6. The van der Waals surface area contributed by atoms with Crippen molar-refractivity contribution in [1.29, 1.82) is 0 Å². The SMILES string of the molecule is CC(=O)c1cc(NC(=O)[C@H]2[C@H](c3ccc(Cl)c(Cl)c3)C2(Cl)Cl)ccc1Cl. The number of hydrogen-bond donors (Lipinski definition) is 1. The van der Waals surface area contributed by atoms with Crippen molar-refractivity contribution in [2.24, 2.45) is 5.92 Å². The Bertz CT molecular complexity index is 912. The number of Topliss-reactive ketones (excluding diaryl/α,β-unsaturated/α-hetero) is 1. The minimum atomic E-state index is -1.25. The summed E-state index contributed by atoms with van der Waals surface area (Å²) in [5.74, 6) is -1.64. The highest BCUT2D eigenvalue weighted by atomic mass is 35.5. The molecule has 0 unspecified atom stereocenters. The quantitative estimate of drug-likeness (QED) is 0.433. The van der Waals surface area contributed by atoms with Crippen LogP contribution in [-0.2, 0) is 4.79 Å². The number of ketones is 1. The summed E-state index contributed by atoms with van der Waals surface area (Å²) in [5.41, 5.74) is 1.49. The highest BCUT2D eigenvalue weighted by Crippen LogP contribution is 2.65. The van der Waals surface area contributed by atoms with E-state index in [0.29, 0.717) is 26.3 Å². The van der Waals surface area contributed by atoms with Crippen molar-refractivity contribution >= 4 is 75.4 Å². The van der Waals surface area contributed by atoms with Crippen molar-refractivity contribution in [3.8, 4) is 0 Å². The van der Waals surface area contributed by atoms with Gasteiger partial charge in [0.05, 0.1) is 21.0 Å². The largest absolute Gasteiger partial charge is 0.326 e. The normalized spacial score (nSPS) is 20.5. The lowest BCUT2D eigenvalue weighted by atomic mass is 10.1. The lowest BCUT2D eigenvalue weighted by molar-refractivity contribution is -0.117. The zero-order valence-corrected chi connectivity index (χ0v) is 17.1. The fraction of sp³-hybridized carbons (Fsp3) is 0.222. The summed E-state index contributed by atoms with van der Waals surface area (Å²) in [4.78, 5) is 24.2. The van der Waals surface area contributed by atoms with Gasteiger partial charge in [-0.2, -0.15) is 0 Å². The summed E-state index contributed by atoms with van der Waals surface area (Å²) in [5, 5.41) is 3.82. The Balaban J connectivity index is 1.81. The summed E-state index contributed by atoms with van der Waals surface area (Å²) in [6.07, 6.45) is 0. The van der Waals surface area contributed by atoms with E-state index in [1.54, 1.807) is 30.3 Å². The molecule has 0 aromatic heterocycles. The maximum absolute atomic E-state index is 12.6. The zero-order chi connectivity index (χ0) is 19.2. The Labute approximate surface area is 175 Å². The van der Waals surface area contributed by atoms with Gasteiger partial charge in [0, 0.05) is 17.2 Å². The number of carbonyl (C=O) groups excluding carboxylic acids is 2. The number of hydrogen-bond acceptors (Lipinski definition) is 2. The molecule has 1 saturated carbocycles. The van der Waals surface area contributed by atoms with E-state index >= 15 is 0 Å². The van der Waals surface area contributed by atoms with E-state index in [1.165, 1.54) is 13.0 Å². The minimum Gasteiger partial charge on any atom is -0.326 e. The summed E-state index contributed by atoms with van der Waals surface area (Å²) < 4.78 is -1.25. The molecule has 0 heterocycles. The molecule has 1 aliphatic rings. The molecule has 1 N–H and O–H groups in total. The van der Waals surface area contributed by atoms with Gasteiger partial charge in [0.2, 0.25) is 5.91 Å². The Morgan fingerprint density at radius 1 is 0.962 bits per heavy atom. The van der Waals surface area contributed by atoms with Gasteiger partial charge in [0.1, 0.15) is 4.33 Å². The molecule has 0 spiro atoms. The van der Waals surface area contributed by atoms with Crippen molar-refractivity contribution < 1.29 is 9.59 Å². The van der Waals surface area contributed by atoms with Crippen LogP contribution in [0.3, 0.4) is 0 Å². The summed E-state index contributed by atoms with van der Waals surface area (Å²) in [7, 11) is 0. The second-order valence-electron chi connectivity index (χ2n) is 6.04. The Hall–Kier alpha value is -0.970. The molecule has 2 aromatic rings. The predicted octanol–water partition coefficient (Wildman–Crippen LogP) is 6.38. The third-order valence-electron chi connectivity index (χ3n) is 4.25. The molecule has 0 saturated heterocycles. The fourth-order valence-corrected chi connectivity index (χ4v) is 4.25. The van der Waals surface area contributed by atoms with Gasteiger partial charge >= 0.3 is 0 Å². The molecule has 0 aliphatic heterocycles. The van der Waals surface area contributed by atoms with Crippen LogP contribution in [0.25, 0.3) is 0 Å². The third kappa shape index (κ3) is 3.69. The van der Waals surface area contributed by atoms with Crippen LogP contribution >= 0.6 is 58.0 Å². The second kappa shape index (κ2) is 7.21. The number of carbonyl (C=O) groups is 2. The first-order chi connectivity index (χ1) is 12.1. The number of nitrogens with one attached hydrogen (secondary N) is 1. The predicted molar refractivity (Wildman–Crippen MR) is 107 cm³/mol. The smallest absolute Gasteiger partial charge is 0.231 e. The van der Waals surface area contributed by atoms with Gasteiger partial charge in [-0.1, -0.05) is 40.9 Å². The van der Waals surface area contributed by atoms with Gasteiger partial charge in [0.25, 0.3) is 0 Å². The maximum atomic E-state index is 12.6. The van der Waals surface area contributed by atoms with E-state index in [-0.39, 0.29) is 11.7 Å². The lowest BCUT2D eigenvalue weighted by Gasteiger charge is -2.08. The van der Waals surface area contributed by atoms with Crippen molar-refractivity contribution in [3.63, 3.8) is 0 Å². The molecule has 3 rings (SSSR count). The molecule has 0 bridgehead atoms. The molecular weight excluding hydrogens is 439 g/mol. The van der Waals surface area contributed by atoms with Gasteiger partial charge in [-0.15, -0.1) is 23.2 Å². The molecule has 1 aliphatic carbocycles. The van der Waals surface area contributed by atoms with Gasteiger partial charge in [-0.25, -0.2) is 0 Å². The maximum Gasteiger partial charge on any atom is 0.231 e. The molecular formula is C18H12Cl5NO2. The van der Waals surface area contributed by atoms with Crippen LogP contribution in [0.2, 0.25) is 15.1 Å². The van der Waals surface area contributed by atoms with Crippen LogP contribution < -0.4 is 5.32 Å². The second-order valence-corrected chi connectivity index (χ2v) is 8.71. The van der Waals surface area contributed by atoms with Crippen LogP contribution in [-0.4, -0.2) is 16.0 Å². The van der Waals surface area contributed by atoms with Crippen molar-refractivity contribution in [1.82, 2.24) is 0 Å². The van der Waals surface area contributed by atoms with E-state index in [2.05, 4.69) is 5.32 Å². The first-order valence-electron chi connectivity index (χ1n) is 7.57. The monoisotopic (exact) mass is 449 g/mol. The number of halogens is 5. The van der Waals surface area contributed by atoms with Crippen molar-refractivity contribution in [2.45, 2.75) is 17.2 Å². The van der Waals surface area contributed by atoms with E-state index < -0.39 is 16.2 Å². The average molecular weight is 452 g/mol. The van der Waals surface area contributed by atoms with Crippen molar-refractivity contribution in [3.05, 3.63) is 62.6 Å². The van der Waals surface area contributed by atoms with E-state index in [9.17, 15) is 9.59 Å². The van der Waals surface area contributed by atoms with Crippen LogP contribution in [0.1, 0.15) is 28.8 Å². The van der Waals surface area contributed by atoms with E-state index in [0.717, 1.165) is 5.56 Å². The number of alkyl halides is 2. The first kappa shape index (κ1) is 19.8. The molecule has 1 amide bonds. The standard InChI is InChI=1S/C18H12Cl5NO2/c1-8(25)11-7-10(3-5-12(11)19)24-17(26)16-15(18(16,22)23)9-2-4-13(20)14(21)6-9/h2-7,15-16H,1H3,(H,24,26)/t15-,16+/m0/s1. The van der Waals surface area contributed by atoms with Crippen LogP contribution in [0.4, 0.5) is 5.69 Å². The number of benzene rings is 2. The van der Waals surface area contributed by atoms with Crippen LogP contribution in [0.5, 0.6) is 0 Å². The average Bonchev–Trinajstić information content (AvgIpc) is 3.14. The van der Waals surface area contributed by atoms with E-state index in [4.69, 9.17) is 58.0 Å². The molecule has 26 heavy (non-hydrogen) atoms. The van der Waals surface area contributed by atoms with Gasteiger partial charge in [-0.3, -0.25) is 9.59 Å². The topological polar surface area (TPSA) is 46.2 Å². The fourth-order valence-electron chi connectivity index (χ4n) is 2.87. The molecule has 2 aromatic carbocycles. The van der Waals surface area contributed by atoms with Crippen LogP contribution in [0.15, 0.2) is 36.4 Å². The third-order valence-corrected chi connectivity index (χ3v) is 6.26.